The maximum absolute atomic E-state index is 5.18. The molecule has 0 N–H and O–H groups in total. The van der Waals surface area contributed by atoms with Crippen molar-refractivity contribution in [1.29, 1.82) is 0 Å². The average molecular weight is 307 g/mol. The Morgan fingerprint density at radius 1 is 0.955 bits per heavy atom. The van der Waals surface area contributed by atoms with Gasteiger partial charge in [0.05, 0.1) is 19.0 Å². The number of aromatic nitrogens is 3. The van der Waals surface area contributed by atoms with Gasteiger partial charge in [-0.2, -0.15) is 5.10 Å². The summed E-state index contributed by atoms with van der Waals surface area (Å²) >= 11 is 1.59. The van der Waals surface area contributed by atoms with Crippen molar-refractivity contribution < 1.29 is 4.74 Å². The largest absolute Gasteiger partial charge is 0.497 e. The van der Waals surface area contributed by atoms with Gasteiger partial charge in [-0.1, -0.05) is 41.7 Å². The van der Waals surface area contributed by atoms with Crippen LogP contribution in [0.4, 0.5) is 0 Å². The third-order valence-corrected chi connectivity index (χ3v) is 4.42. The molecule has 4 nitrogen and oxygen atoms in total. The zero-order valence-electron chi connectivity index (χ0n) is 11.9. The normalized spacial score (nSPS) is 11.0. The van der Waals surface area contributed by atoms with Gasteiger partial charge in [0.2, 0.25) is 4.96 Å². The fraction of sp³-hybridized carbons (Fsp3) is 0.0588. The summed E-state index contributed by atoms with van der Waals surface area (Å²) in [5.74, 6) is 0.842. The Morgan fingerprint density at radius 3 is 2.41 bits per heavy atom. The second-order valence-corrected chi connectivity index (χ2v) is 5.81. The first-order valence-electron chi connectivity index (χ1n) is 6.89. The molecule has 2 aromatic carbocycles. The van der Waals surface area contributed by atoms with E-state index in [1.807, 2.05) is 53.2 Å². The second-order valence-electron chi connectivity index (χ2n) is 4.86. The number of nitrogens with zero attached hydrogens (tertiary/aromatic N) is 3. The Balaban J connectivity index is 1.71. The minimum Gasteiger partial charge on any atom is -0.497 e. The topological polar surface area (TPSA) is 39.4 Å². The molecule has 0 fully saturated rings. The van der Waals surface area contributed by atoms with E-state index < -0.39 is 0 Å². The molecule has 108 valence electrons. The third-order valence-electron chi connectivity index (χ3n) is 3.45. The van der Waals surface area contributed by atoms with E-state index in [1.165, 1.54) is 0 Å². The number of ether oxygens (including phenoxy) is 1. The lowest BCUT2D eigenvalue weighted by Crippen LogP contribution is -1.83. The van der Waals surface area contributed by atoms with E-state index >= 15 is 0 Å². The van der Waals surface area contributed by atoms with Crippen LogP contribution >= 0.6 is 11.3 Å². The summed E-state index contributed by atoms with van der Waals surface area (Å²) in [4.78, 5) is 5.56. The van der Waals surface area contributed by atoms with Gasteiger partial charge >= 0.3 is 0 Å². The Kier molecular flexibility index (Phi) is 3.12. The SMILES string of the molecule is COc1ccc(-c2cn3nc(-c4ccccc4)sc3n2)cc1. The molecule has 0 saturated heterocycles. The van der Waals surface area contributed by atoms with Crippen molar-refractivity contribution in [2.75, 3.05) is 7.11 Å². The summed E-state index contributed by atoms with van der Waals surface area (Å²) in [6, 6.07) is 18.0. The van der Waals surface area contributed by atoms with Crippen LogP contribution in [-0.4, -0.2) is 21.7 Å². The van der Waals surface area contributed by atoms with Gasteiger partial charge in [0.15, 0.2) is 0 Å². The van der Waals surface area contributed by atoms with E-state index in [2.05, 4.69) is 22.2 Å². The summed E-state index contributed by atoms with van der Waals surface area (Å²) in [6.07, 6.45) is 1.96. The van der Waals surface area contributed by atoms with E-state index in [0.29, 0.717) is 0 Å². The Hall–Kier alpha value is -2.66. The standard InChI is InChI=1S/C17H13N3OS/c1-21-14-9-7-12(8-10-14)15-11-20-17(18-15)22-16(19-20)13-5-3-2-4-6-13/h2-11H,1H3. The molecule has 0 radical (unpaired) electrons. The Labute approximate surface area is 131 Å². The highest BCUT2D eigenvalue weighted by Gasteiger charge is 2.10. The maximum Gasteiger partial charge on any atom is 0.213 e. The zero-order valence-corrected chi connectivity index (χ0v) is 12.7. The molecule has 22 heavy (non-hydrogen) atoms. The van der Waals surface area contributed by atoms with Crippen molar-refractivity contribution in [2.45, 2.75) is 0 Å². The number of hydrogen-bond acceptors (Lipinski definition) is 4. The highest BCUT2D eigenvalue weighted by atomic mass is 32.1. The predicted molar refractivity (Wildman–Crippen MR) is 88.3 cm³/mol. The van der Waals surface area contributed by atoms with Gasteiger partial charge in [-0.25, -0.2) is 9.50 Å². The van der Waals surface area contributed by atoms with Gasteiger partial charge in [-0.15, -0.1) is 0 Å². The van der Waals surface area contributed by atoms with Crippen LogP contribution in [0, 0.1) is 0 Å². The van der Waals surface area contributed by atoms with Crippen molar-refractivity contribution in [3.63, 3.8) is 0 Å². The van der Waals surface area contributed by atoms with Crippen LogP contribution in [0.2, 0.25) is 0 Å². The number of fused-ring (bicyclic) bond motifs is 1. The van der Waals surface area contributed by atoms with Gasteiger partial charge in [-0.05, 0) is 24.3 Å². The van der Waals surface area contributed by atoms with Crippen molar-refractivity contribution in [2.24, 2.45) is 0 Å². The first-order valence-corrected chi connectivity index (χ1v) is 7.71. The molecule has 0 aliphatic heterocycles. The average Bonchev–Trinajstić information content (AvgIpc) is 3.15. The number of benzene rings is 2. The molecule has 2 aromatic heterocycles. The molecule has 0 aliphatic carbocycles. The van der Waals surface area contributed by atoms with E-state index in [1.54, 1.807) is 18.4 Å². The smallest absolute Gasteiger partial charge is 0.213 e. The van der Waals surface area contributed by atoms with Crippen LogP contribution in [0.15, 0.2) is 60.8 Å². The van der Waals surface area contributed by atoms with E-state index in [9.17, 15) is 0 Å². The van der Waals surface area contributed by atoms with E-state index in [0.717, 1.165) is 32.5 Å². The summed E-state index contributed by atoms with van der Waals surface area (Å²) in [7, 11) is 1.66. The van der Waals surface area contributed by atoms with Crippen LogP contribution in [-0.2, 0) is 0 Å². The van der Waals surface area contributed by atoms with E-state index in [-0.39, 0.29) is 0 Å². The zero-order chi connectivity index (χ0) is 14.9. The fourth-order valence-electron chi connectivity index (χ4n) is 2.30. The molecular weight excluding hydrogens is 294 g/mol. The summed E-state index contributed by atoms with van der Waals surface area (Å²) in [6.45, 7) is 0. The number of hydrogen-bond donors (Lipinski definition) is 0. The molecule has 2 heterocycles. The van der Waals surface area contributed by atoms with Crippen molar-refractivity contribution in [1.82, 2.24) is 14.6 Å². The van der Waals surface area contributed by atoms with Crippen LogP contribution in [0.1, 0.15) is 0 Å². The molecule has 0 saturated carbocycles. The molecule has 4 aromatic rings. The Morgan fingerprint density at radius 2 is 1.73 bits per heavy atom. The third kappa shape index (κ3) is 2.25. The highest BCUT2D eigenvalue weighted by molar-refractivity contribution is 7.19. The minimum absolute atomic E-state index is 0.842. The van der Waals surface area contributed by atoms with Crippen molar-refractivity contribution >= 4 is 16.3 Å². The minimum atomic E-state index is 0.842. The Bertz CT molecular complexity index is 879. The molecule has 0 atom stereocenters. The van der Waals surface area contributed by atoms with Crippen molar-refractivity contribution in [3.8, 4) is 27.6 Å². The number of rotatable bonds is 3. The highest BCUT2D eigenvalue weighted by Crippen LogP contribution is 2.28. The van der Waals surface area contributed by atoms with Crippen molar-refractivity contribution in [3.05, 3.63) is 60.8 Å². The molecule has 0 aliphatic rings. The first-order chi connectivity index (χ1) is 10.8. The molecule has 4 rings (SSSR count). The maximum atomic E-state index is 5.18. The van der Waals surface area contributed by atoms with E-state index in [4.69, 9.17) is 4.74 Å². The summed E-state index contributed by atoms with van der Waals surface area (Å²) < 4.78 is 7.02. The number of methoxy groups -OCH3 is 1. The first kappa shape index (κ1) is 13.0. The quantitative estimate of drug-likeness (QED) is 0.571. The van der Waals surface area contributed by atoms with Crippen LogP contribution in [0.5, 0.6) is 5.75 Å². The lowest BCUT2D eigenvalue weighted by atomic mass is 10.2. The second kappa shape index (κ2) is 5.27. The van der Waals surface area contributed by atoms with Crippen LogP contribution in [0.3, 0.4) is 0 Å². The molecule has 5 heteroatoms. The summed E-state index contributed by atoms with van der Waals surface area (Å²) in [5, 5.41) is 5.59. The summed E-state index contributed by atoms with van der Waals surface area (Å²) in [5.41, 5.74) is 3.09. The molecule has 0 bridgehead atoms. The lowest BCUT2D eigenvalue weighted by Gasteiger charge is -2.00. The van der Waals surface area contributed by atoms with Gasteiger partial charge in [0, 0.05) is 11.1 Å². The van der Waals surface area contributed by atoms with Crippen LogP contribution < -0.4 is 4.74 Å². The fourth-order valence-corrected chi connectivity index (χ4v) is 3.19. The van der Waals surface area contributed by atoms with Gasteiger partial charge in [0.25, 0.3) is 0 Å². The lowest BCUT2D eigenvalue weighted by molar-refractivity contribution is 0.415. The monoisotopic (exact) mass is 307 g/mol. The number of imidazole rings is 1. The molecule has 0 amide bonds. The molecule has 0 unspecified atom stereocenters. The predicted octanol–water partition coefficient (Wildman–Crippen LogP) is 4.13. The molecule has 0 spiro atoms. The molecular formula is C17H13N3OS. The van der Waals surface area contributed by atoms with Gasteiger partial charge < -0.3 is 4.74 Å². The van der Waals surface area contributed by atoms with Gasteiger partial charge in [-0.3, -0.25) is 0 Å². The van der Waals surface area contributed by atoms with Gasteiger partial charge in [0.1, 0.15) is 10.8 Å². The van der Waals surface area contributed by atoms with Crippen LogP contribution in [0.25, 0.3) is 26.8 Å².